The third-order valence-electron chi connectivity index (χ3n) is 3.24. The summed E-state index contributed by atoms with van der Waals surface area (Å²) in [5, 5.41) is 8.81. The first-order valence-corrected chi connectivity index (χ1v) is 7.57. The van der Waals surface area contributed by atoms with E-state index in [2.05, 4.69) is 4.98 Å². The van der Waals surface area contributed by atoms with Crippen LogP contribution in [0.3, 0.4) is 0 Å². The number of carbonyl (C=O) groups is 1. The largest absolute Gasteiger partial charge is 0.481 e. The first kappa shape index (κ1) is 14.9. The van der Waals surface area contributed by atoms with Crippen LogP contribution in [0.2, 0.25) is 0 Å². The molecular weight excluding hydrogens is 286 g/mol. The van der Waals surface area contributed by atoms with Crippen LogP contribution in [0.25, 0.3) is 0 Å². The van der Waals surface area contributed by atoms with Gasteiger partial charge in [0.2, 0.25) is 0 Å². The summed E-state index contributed by atoms with van der Waals surface area (Å²) >= 11 is 0. The average molecular weight is 303 g/mol. The van der Waals surface area contributed by atoms with Gasteiger partial charge in [0.25, 0.3) is 10.0 Å². The standard InChI is InChI=1S/C11H17N3O5S/c1-8-12-10(6-13(8)2)20(17,18)14-3-4-19-7-9(14)5-11(15)16/h6,9H,3-5,7H2,1-2H3,(H,15,16)/t9-/m0/s1. The number of aliphatic carboxylic acids is 1. The lowest BCUT2D eigenvalue weighted by Gasteiger charge is -2.33. The maximum absolute atomic E-state index is 12.5. The lowest BCUT2D eigenvalue weighted by Crippen LogP contribution is -2.49. The highest BCUT2D eigenvalue weighted by Crippen LogP contribution is 2.21. The van der Waals surface area contributed by atoms with Gasteiger partial charge in [0.1, 0.15) is 5.82 Å². The van der Waals surface area contributed by atoms with Crippen molar-refractivity contribution in [3.8, 4) is 0 Å². The van der Waals surface area contributed by atoms with Crippen molar-refractivity contribution in [2.24, 2.45) is 7.05 Å². The van der Waals surface area contributed by atoms with Crippen LogP contribution in [-0.2, 0) is 26.6 Å². The molecule has 2 heterocycles. The van der Waals surface area contributed by atoms with Gasteiger partial charge >= 0.3 is 5.97 Å². The number of ether oxygens (including phenoxy) is 1. The average Bonchev–Trinajstić information content (AvgIpc) is 2.70. The summed E-state index contributed by atoms with van der Waals surface area (Å²) in [4.78, 5) is 14.9. The Kier molecular flexibility index (Phi) is 4.11. The number of rotatable bonds is 4. The number of morpholine rings is 1. The summed E-state index contributed by atoms with van der Waals surface area (Å²) in [6.07, 6.45) is 1.14. The van der Waals surface area contributed by atoms with E-state index in [4.69, 9.17) is 9.84 Å². The number of carboxylic acid groups (broad SMARTS) is 1. The number of aromatic nitrogens is 2. The van der Waals surface area contributed by atoms with Crippen LogP contribution < -0.4 is 0 Å². The Labute approximate surface area is 117 Å². The van der Waals surface area contributed by atoms with Crippen LogP contribution in [0.15, 0.2) is 11.2 Å². The number of hydrogen-bond donors (Lipinski definition) is 1. The molecule has 20 heavy (non-hydrogen) atoms. The van der Waals surface area contributed by atoms with E-state index in [0.717, 1.165) is 0 Å². The Morgan fingerprint density at radius 1 is 1.60 bits per heavy atom. The minimum Gasteiger partial charge on any atom is -0.481 e. The second-order valence-corrected chi connectivity index (χ2v) is 6.52. The zero-order chi connectivity index (χ0) is 14.9. The lowest BCUT2D eigenvalue weighted by atomic mass is 10.2. The zero-order valence-electron chi connectivity index (χ0n) is 11.3. The molecule has 0 amide bonds. The number of carboxylic acids is 1. The van der Waals surface area contributed by atoms with E-state index in [1.165, 1.54) is 10.5 Å². The third-order valence-corrected chi connectivity index (χ3v) is 5.07. The normalized spacial score (nSPS) is 21.0. The highest BCUT2D eigenvalue weighted by Gasteiger charge is 2.36. The van der Waals surface area contributed by atoms with Crippen molar-refractivity contribution in [1.82, 2.24) is 13.9 Å². The van der Waals surface area contributed by atoms with Gasteiger partial charge in [0, 0.05) is 19.8 Å². The molecule has 112 valence electrons. The van der Waals surface area contributed by atoms with Gasteiger partial charge in [-0.25, -0.2) is 13.4 Å². The number of sulfonamides is 1. The molecule has 0 bridgehead atoms. The molecule has 8 nitrogen and oxygen atoms in total. The monoisotopic (exact) mass is 303 g/mol. The molecular formula is C11H17N3O5S. The van der Waals surface area contributed by atoms with Crippen LogP contribution in [0.4, 0.5) is 0 Å². The van der Waals surface area contributed by atoms with Gasteiger partial charge in [-0.15, -0.1) is 0 Å². The van der Waals surface area contributed by atoms with Crippen molar-refractivity contribution in [1.29, 1.82) is 0 Å². The molecule has 9 heteroatoms. The molecule has 1 aromatic rings. The van der Waals surface area contributed by atoms with E-state index >= 15 is 0 Å². The highest BCUT2D eigenvalue weighted by atomic mass is 32.2. The van der Waals surface area contributed by atoms with Crippen molar-refractivity contribution in [2.75, 3.05) is 19.8 Å². The van der Waals surface area contributed by atoms with Crippen LogP contribution in [0.5, 0.6) is 0 Å². The number of aryl methyl sites for hydroxylation is 2. The van der Waals surface area contributed by atoms with Crippen molar-refractivity contribution in [3.63, 3.8) is 0 Å². The molecule has 0 saturated carbocycles. The van der Waals surface area contributed by atoms with E-state index in [1.54, 1.807) is 18.5 Å². The third kappa shape index (κ3) is 2.84. The van der Waals surface area contributed by atoms with Gasteiger partial charge in [0.05, 0.1) is 25.7 Å². The Morgan fingerprint density at radius 3 is 2.85 bits per heavy atom. The SMILES string of the molecule is Cc1nc(S(=O)(=O)N2CCOC[C@@H]2CC(=O)O)cn1C. The summed E-state index contributed by atoms with van der Waals surface area (Å²) < 4.78 is 33.1. The van der Waals surface area contributed by atoms with Gasteiger partial charge in [-0.2, -0.15) is 4.31 Å². The van der Waals surface area contributed by atoms with E-state index < -0.39 is 22.0 Å². The summed E-state index contributed by atoms with van der Waals surface area (Å²) in [5.41, 5.74) is 0. The number of imidazole rings is 1. The van der Waals surface area contributed by atoms with E-state index in [9.17, 15) is 13.2 Å². The molecule has 1 aliphatic rings. The second kappa shape index (κ2) is 5.51. The fraction of sp³-hybridized carbons (Fsp3) is 0.636. The van der Waals surface area contributed by atoms with Gasteiger partial charge in [-0.3, -0.25) is 4.79 Å². The molecule has 0 aliphatic carbocycles. The fourth-order valence-electron chi connectivity index (χ4n) is 2.09. The molecule has 0 radical (unpaired) electrons. The molecule has 1 fully saturated rings. The second-order valence-electron chi connectivity index (χ2n) is 4.68. The molecule has 0 aromatic carbocycles. The van der Waals surface area contributed by atoms with Crippen molar-refractivity contribution in [3.05, 3.63) is 12.0 Å². The quantitative estimate of drug-likeness (QED) is 0.811. The first-order chi connectivity index (χ1) is 9.32. The summed E-state index contributed by atoms with van der Waals surface area (Å²) in [5.74, 6) is -0.482. The zero-order valence-corrected chi connectivity index (χ0v) is 12.1. The van der Waals surface area contributed by atoms with E-state index in [1.807, 2.05) is 0 Å². The Bertz CT molecular complexity index is 590. The first-order valence-electron chi connectivity index (χ1n) is 6.13. The van der Waals surface area contributed by atoms with Crippen LogP contribution in [0, 0.1) is 6.92 Å². The minimum absolute atomic E-state index is 0.0604. The smallest absolute Gasteiger partial charge is 0.305 e. The van der Waals surface area contributed by atoms with E-state index in [-0.39, 0.29) is 31.2 Å². The highest BCUT2D eigenvalue weighted by molar-refractivity contribution is 7.89. The molecule has 2 rings (SSSR count). The Morgan fingerprint density at radius 2 is 2.30 bits per heavy atom. The van der Waals surface area contributed by atoms with Crippen LogP contribution >= 0.6 is 0 Å². The number of nitrogens with zero attached hydrogens (tertiary/aromatic N) is 3. The lowest BCUT2D eigenvalue weighted by molar-refractivity contribution is -0.139. The van der Waals surface area contributed by atoms with Gasteiger partial charge < -0.3 is 14.4 Å². The van der Waals surface area contributed by atoms with Crippen molar-refractivity contribution < 1.29 is 23.1 Å². The van der Waals surface area contributed by atoms with Gasteiger partial charge in [-0.1, -0.05) is 0 Å². The topological polar surface area (TPSA) is 102 Å². The van der Waals surface area contributed by atoms with Gasteiger partial charge in [-0.05, 0) is 6.92 Å². The van der Waals surface area contributed by atoms with Crippen molar-refractivity contribution in [2.45, 2.75) is 24.4 Å². The fourth-order valence-corrected chi connectivity index (χ4v) is 3.71. The van der Waals surface area contributed by atoms with Crippen LogP contribution in [-0.4, -0.2) is 59.2 Å². The Hall–Kier alpha value is -1.45. The van der Waals surface area contributed by atoms with Gasteiger partial charge in [0.15, 0.2) is 5.03 Å². The molecule has 1 N–H and O–H groups in total. The predicted molar refractivity (Wildman–Crippen MR) is 68.7 cm³/mol. The summed E-state index contributed by atoms with van der Waals surface area (Å²) in [6, 6.07) is -0.700. The maximum Gasteiger partial charge on any atom is 0.305 e. The summed E-state index contributed by atoms with van der Waals surface area (Å²) in [6.45, 7) is 2.17. The summed E-state index contributed by atoms with van der Waals surface area (Å²) in [7, 11) is -2.10. The van der Waals surface area contributed by atoms with Crippen LogP contribution in [0.1, 0.15) is 12.2 Å². The minimum atomic E-state index is -3.80. The molecule has 1 aliphatic heterocycles. The molecule has 1 aromatic heterocycles. The van der Waals surface area contributed by atoms with Crippen molar-refractivity contribution >= 4 is 16.0 Å². The van der Waals surface area contributed by atoms with E-state index in [0.29, 0.717) is 5.82 Å². The predicted octanol–water partition coefficient (Wildman–Crippen LogP) is -0.407. The molecule has 0 unspecified atom stereocenters. The molecule has 0 spiro atoms. The molecule has 1 saturated heterocycles. The maximum atomic E-state index is 12.5. The Balaban J connectivity index is 2.32. The number of hydrogen-bond acceptors (Lipinski definition) is 5. The molecule has 1 atom stereocenters.